The van der Waals surface area contributed by atoms with E-state index in [2.05, 4.69) is 5.32 Å². The highest BCUT2D eigenvalue weighted by atomic mass is 19.1. The first kappa shape index (κ1) is 14.5. The third-order valence-electron chi connectivity index (χ3n) is 2.77. The van der Waals surface area contributed by atoms with Gasteiger partial charge in [-0.25, -0.2) is 4.39 Å². The van der Waals surface area contributed by atoms with E-state index in [1.54, 1.807) is 12.1 Å². The number of carbonyl (C=O) groups is 2. The van der Waals surface area contributed by atoms with Crippen molar-refractivity contribution in [1.82, 2.24) is 0 Å². The van der Waals surface area contributed by atoms with Gasteiger partial charge >= 0.3 is 5.97 Å². The molecule has 0 aliphatic heterocycles. The van der Waals surface area contributed by atoms with Crippen molar-refractivity contribution in [3.8, 4) is 5.75 Å². The summed E-state index contributed by atoms with van der Waals surface area (Å²) in [6.07, 6.45) is -0.112. The van der Waals surface area contributed by atoms with Gasteiger partial charge in [-0.2, -0.15) is 0 Å². The number of carbonyl (C=O) groups excluding carboxylic acids is 1. The van der Waals surface area contributed by atoms with Crippen LogP contribution in [0.3, 0.4) is 0 Å². The number of nitrogens with one attached hydrogen (secondary N) is 1. The molecule has 0 heterocycles. The normalized spacial score (nSPS) is 10.1. The minimum Gasteiger partial charge on any atom is -0.507 e. The van der Waals surface area contributed by atoms with Crippen LogP contribution in [0.4, 0.5) is 10.1 Å². The van der Waals surface area contributed by atoms with Gasteiger partial charge in [-0.3, -0.25) is 9.59 Å². The van der Waals surface area contributed by atoms with E-state index in [9.17, 15) is 19.1 Å². The molecule has 0 aromatic heterocycles. The first-order chi connectivity index (χ1) is 9.95. The Labute approximate surface area is 119 Å². The zero-order chi connectivity index (χ0) is 15.4. The lowest BCUT2D eigenvalue weighted by Crippen LogP contribution is -2.12. The maximum Gasteiger partial charge on any atom is 0.307 e. The molecule has 108 valence electrons. The smallest absolute Gasteiger partial charge is 0.307 e. The number of aromatic hydroxyl groups is 1. The second-order valence-corrected chi connectivity index (χ2v) is 4.38. The van der Waals surface area contributed by atoms with Gasteiger partial charge in [0, 0.05) is 5.69 Å². The van der Waals surface area contributed by atoms with Gasteiger partial charge in [0.1, 0.15) is 11.6 Å². The molecule has 2 aromatic rings. The summed E-state index contributed by atoms with van der Waals surface area (Å²) in [6.45, 7) is 0. The Morgan fingerprint density at radius 1 is 1.10 bits per heavy atom. The van der Waals surface area contributed by atoms with Crippen LogP contribution in [0.15, 0.2) is 42.5 Å². The van der Waals surface area contributed by atoms with Crippen LogP contribution in [0, 0.1) is 5.82 Å². The lowest BCUT2D eigenvalue weighted by molar-refractivity contribution is -0.136. The summed E-state index contributed by atoms with van der Waals surface area (Å²) in [7, 11) is 0. The summed E-state index contributed by atoms with van der Waals surface area (Å²) >= 11 is 0. The Balaban J connectivity index is 2.12. The van der Waals surface area contributed by atoms with Crippen LogP contribution in [-0.4, -0.2) is 22.1 Å². The van der Waals surface area contributed by atoms with Crippen LogP contribution in [0.2, 0.25) is 0 Å². The predicted molar refractivity (Wildman–Crippen MR) is 73.8 cm³/mol. The van der Waals surface area contributed by atoms with Gasteiger partial charge in [-0.1, -0.05) is 12.1 Å². The number of aliphatic carboxylic acids is 1. The molecule has 0 atom stereocenters. The predicted octanol–water partition coefficient (Wildman–Crippen LogP) is 2.41. The van der Waals surface area contributed by atoms with E-state index < -0.39 is 17.7 Å². The molecule has 0 aliphatic rings. The van der Waals surface area contributed by atoms with E-state index in [0.717, 1.165) is 18.2 Å². The lowest BCUT2D eigenvalue weighted by atomic mass is 10.1. The van der Waals surface area contributed by atoms with Gasteiger partial charge in [0.05, 0.1) is 12.0 Å². The summed E-state index contributed by atoms with van der Waals surface area (Å²) in [4.78, 5) is 22.5. The molecule has 2 rings (SSSR count). The number of carboxylic acids is 1. The van der Waals surface area contributed by atoms with Gasteiger partial charge in [0.2, 0.25) is 0 Å². The lowest BCUT2D eigenvalue weighted by Gasteiger charge is -2.07. The van der Waals surface area contributed by atoms with E-state index in [4.69, 9.17) is 5.11 Å². The van der Waals surface area contributed by atoms with E-state index in [-0.39, 0.29) is 17.7 Å². The molecule has 0 aliphatic carbocycles. The molecule has 3 N–H and O–H groups in total. The standard InChI is InChI=1S/C15H12FNO4/c16-10-3-6-13(18)12(8-10)15(21)17-11-4-1-9(2-5-11)7-14(19)20/h1-6,8,18H,7H2,(H,17,21)(H,19,20). The third kappa shape index (κ3) is 3.79. The van der Waals surface area contributed by atoms with Gasteiger partial charge in [-0.05, 0) is 35.9 Å². The molecular formula is C15H12FNO4. The first-order valence-corrected chi connectivity index (χ1v) is 6.06. The molecule has 0 saturated heterocycles. The number of hydrogen-bond donors (Lipinski definition) is 3. The number of rotatable bonds is 4. The Kier molecular flexibility index (Phi) is 4.18. The van der Waals surface area contributed by atoms with Gasteiger partial charge in [0.25, 0.3) is 5.91 Å². The van der Waals surface area contributed by atoms with Crippen LogP contribution in [0.1, 0.15) is 15.9 Å². The zero-order valence-electron chi connectivity index (χ0n) is 10.8. The second-order valence-electron chi connectivity index (χ2n) is 4.38. The number of halogens is 1. The number of phenolic OH excluding ortho intramolecular Hbond substituents is 1. The molecule has 1 amide bonds. The monoisotopic (exact) mass is 289 g/mol. The Morgan fingerprint density at radius 3 is 2.38 bits per heavy atom. The van der Waals surface area contributed by atoms with Crippen LogP contribution >= 0.6 is 0 Å². The molecule has 2 aromatic carbocycles. The molecule has 6 heteroatoms. The molecule has 0 saturated carbocycles. The van der Waals surface area contributed by atoms with Crippen molar-refractivity contribution in [2.75, 3.05) is 5.32 Å². The van der Waals surface area contributed by atoms with Crippen LogP contribution < -0.4 is 5.32 Å². The zero-order valence-corrected chi connectivity index (χ0v) is 10.8. The van der Waals surface area contributed by atoms with Gasteiger partial charge in [0.15, 0.2) is 0 Å². The summed E-state index contributed by atoms with van der Waals surface area (Å²) < 4.78 is 13.1. The fourth-order valence-corrected chi connectivity index (χ4v) is 1.77. The molecule has 0 unspecified atom stereocenters. The van der Waals surface area contributed by atoms with Crippen LogP contribution in [0.5, 0.6) is 5.75 Å². The highest BCUT2D eigenvalue weighted by Gasteiger charge is 2.12. The second kappa shape index (κ2) is 6.04. The molecule has 0 fully saturated rings. The quantitative estimate of drug-likeness (QED) is 0.806. The van der Waals surface area contributed by atoms with Crippen molar-refractivity contribution in [2.24, 2.45) is 0 Å². The summed E-state index contributed by atoms with van der Waals surface area (Å²) in [5.41, 5.74) is 0.830. The van der Waals surface area contributed by atoms with Crippen molar-refractivity contribution < 1.29 is 24.2 Å². The minimum atomic E-state index is -0.948. The maximum atomic E-state index is 13.1. The van der Waals surface area contributed by atoms with Crippen molar-refractivity contribution in [3.63, 3.8) is 0 Å². The minimum absolute atomic E-state index is 0.112. The number of hydrogen-bond acceptors (Lipinski definition) is 3. The Bertz CT molecular complexity index is 683. The molecule has 21 heavy (non-hydrogen) atoms. The molecule has 0 spiro atoms. The average Bonchev–Trinajstić information content (AvgIpc) is 2.43. The number of phenols is 1. The number of anilines is 1. The molecule has 5 nitrogen and oxygen atoms in total. The molecule has 0 radical (unpaired) electrons. The van der Waals surface area contributed by atoms with Crippen LogP contribution in [-0.2, 0) is 11.2 Å². The number of benzene rings is 2. The first-order valence-electron chi connectivity index (χ1n) is 6.06. The SMILES string of the molecule is O=C(O)Cc1ccc(NC(=O)c2cc(F)ccc2O)cc1. The van der Waals surface area contributed by atoms with Crippen LogP contribution in [0.25, 0.3) is 0 Å². The number of carboxylic acid groups (broad SMARTS) is 1. The van der Waals surface area contributed by atoms with E-state index in [0.29, 0.717) is 11.3 Å². The van der Waals surface area contributed by atoms with Crippen molar-refractivity contribution in [3.05, 3.63) is 59.4 Å². The van der Waals surface area contributed by atoms with Crippen molar-refractivity contribution in [1.29, 1.82) is 0 Å². The van der Waals surface area contributed by atoms with Gasteiger partial charge in [-0.15, -0.1) is 0 Å². The summed E-state index contributed by atoms with van der Waals surface area (Å²) in [5.74, 6) is -2.55. The molecule has 0 bridgehead atoms. The Hall–Kier alpha value is -2.89. The highest BCUT2D eigenvalue weighted by molar-refractivity contribution is 6.06. The largest absolute Gasteiger partial charge is 0.507 e. The van der Waals surface area contributed by atoms with Gasteiger partial charge < -0.3 is 15.5 Å². The van der Waals surface area contributed by atoms with E-state index >= 15 is 0 Å². The maximum absolute atomic E-state index is 13.1. The summed E-state index contributed by atoms with van der Waals surface area (Å²) in [6, 6.07) is 9.28. The van der Waals surface area contributed by atoms with Crippen molar-refractivity contribution in [2.45, 2.75) is 6.42 Å². The topological polar surface area (TPSA) is 86.6 Å². The van der Waals surface area contributed by atoms with E-state index in [1.165, 1.54) is 12.1 Å². The Morgan fingerprint density at radius 2 is 1.76 bits per heavy atom. The van der Waals surface area contributed by atoms with Crippen molar-refractivity contribution >= 4 is 17.6 Å². The fraction of sp³-hybridized carbons (Fsp3) is 0.0667. The summed E-state index contributed by atoms with van der Waals surface area (Å²) in [5, 5.41) is 20.7. The van der Waals surface area contributed by atoms with E-state index in [1.807, 2.05) is 0 Å². The third-order valence-corrected chi connectivity index (χ3v) is 2.77. The highest BCUT2D eigenvalue weighted by Crippen LogP contribution is 2.20. The average molecular weight is 289 g/mol. The number of amides is 1. The molecular weight excluding hydrogens is 277 g/mol. The fourth-order valence-electron chi connectivity index (χ4n) is 1.77.